The number of hydrogen-bond donors (Lipinski definition) is 1. The minimum absolute atomic E-state index is 0.0543. The molecule has 1 atom stereocenters. The zero-order valence-corrected chi connectivity index (χ0v) is 14.2. The van der Waals surface area contributed by atoms with Crippen molar-refractivity contribution in [2.24, 2.45) is 0 Å². The first kappa shape index (κ1) is 16.1. The van der Waals surface area contributed by atoms with E-state index in [0.717, 1.165) is 17.0 Å². The summed E-state index contributed by atoms with van der Waals surface area (Å²) in [5.41, 5.74) is 5.25. The molecule has 1 aliphatic rings. The van der Waals surface area contributed by atoms with E-state index >= 15 is 0 Å². The Morgan fingerprint density at radius 1 is 1.13 bits per heavy atom. The van der Waals surface area contributed by atoms with Crippen molar-refractivity contribution in [3.05, 3.63) is 69.7 Å². The second kappa shape index (κ2) is 7.18. The lowest BCUT2D eigenvalue weighted by Crippen LogP contribution is -2.26. The molecule has 0 aliphatic heterocycles. The molecule has 0 saturated heterocycles. The summed E-state index contributed by atoms with van der Waals surface area (Å²) in [5.74, 6) is 0.0907. The van der Waals surface area contributed by atoms with E-state index < -0.39 is 0 Å². The maximum absolute atomic E-state index is 12.2. The van der Waals surface area contributed by atoms with Crippen LogP contribution in [-0.4, -0.2) is 5.91 Å². The van der Waals surface area contributed by atoms with E-state index in [1.165, 1.54) is 36.0 Å². The van der Waals surface area contributed by atoms with E-state index in [-0.39, 0.29) is 11.9 Å². The molecule has 0 aromatic heterocycles. The van der Waals surface area contributed by atoms with Gasteiger partial charge in [0.15, 0.2) is 0 Å². The third-order valence-corrected chi connectivity index (χ3v) is 4.81. The van der Waals surface area contributed by atoms with Gasteiger partial charge in [-0.25, -0.2) is 0 Å². The van der Waals surface area contributed by atoms with E-state index in [0.29, 0.717) is 6.42 Å². The fourth-order valence-corrected chi connectivity index (χ4v) is 3.29. The second-order valence-corrected chi connectivity index (χ2v) is 6.73. The van der Waals surface area contributed by atoms with Crippen LogP contribution in [0.5, 0.6) is 0 Å². The van der Waals surface area contributed by atoms with Gasteiger partial charge >= 0.3 is 0 Å². The van der Waals surface area contributed by atoms with Gasteiger partial charge < -0.3 is 5.32 Å². The minimum atomic E-state index is 0.0543. The fraction of sp³-hybridized carbons (Fsp3) is 0.350. The standard InChI is InChI=1S/C20H22ClNO/c1-14(17-9-8-16-3-2-4-18(16)13-17)22-20(23)12-7-15-5-10-19(21)11-6-15/h5-6,8-11,13-14H,2-4,7,12H2,1H3,(H,22,23)/t14-/m1/s1. The van der Waals surface area contributed by atoms with Crippen LogP contribution < -0.4 is 5.32 Å². The van der Waals surface area contributed by atoms with Crippen molar-refractivity contribution in [2.75, 3.05) is 0 Å². The quantitative estimate of drug-likeness (QED) is 0.851. The average molecular weight is 328 g/mol. The molecular weight excluding hydrogens is 306 g/mol. The Kier molecular flexibility index (Phi) is 5.02. The van der Waals surface area contributed by atoms with E-state index in [4.69, 9.17) is 11.6 Å². The summed E-state index contributed by atoms with van der Waals surface area (Å²) in [7, 11) is 0. The van der Waals surface area contributed by atoms with E-state index in [1.807, 2.05) is 24.3 Å². The monoisotopic (exact) mass is 327 g/mol. The molecule has 2 aromatic rings. The number of nitrogens with one attached hydrogen (secondary N) is 1. The topological polar surface area (TPSA) is 29.1 Å². The normalized spacial score (nSPS) is 14.3. The van der Waals surface area contributed by atoms with Gasteiger partial charge in [-0.2, -0.15) is 0 Å². The van der Waals surface area contributed by atoms with E-state index in [9.17, 15) is 4.79 Å². The molecule has 1 N–H and O–H groups in total. The highest BCUT2D eigenvalue weighted by molar-refractivity contribution is 6.30. The molecule has 2 nitrogen and oxygen atoms in total. The number of aryl methyl sites for hydroxylation is 3. The molecule has 120 valence electrons. The number of hydrogen-bond acceptors (Lipinski definition) is 1. The summed E-state index contributed by atoms with van der Waals surface area (Å²) in [6.07, 6.45) is 4.84. The third kappa shape index (κ3) is 4.14. The average Bonchev–Trinajstić information content (AvgIpc) is 3.02. The molecule has 1 aliphatic carbocycles. The summed E-state index contributed by atoms with van der Waals surface area (Å²) in [6.45, 7) is 2.05. The molecule has 2 aromatic carbocycles. The van der Waals surface area contributed by atoms with Gasteiger partial charge in [0.25, 0.3) is 0 Å². The molecule has 3 heteroatoms. The van der Waals surface area contributed by atoms with E-state index in [1.54, 1.807) is 0 Å². The van der Waals surface area contributed by atoms with Gasteiger partial charge in [-0.15, -0.1) is 0 Å². The van der Waals surface area contributed by atoms with Gasteiger partial charge in [-0.05, 0) is 67.0 Å². The molecule has 0 spiro atoms. The number of halogens is 1. The number of fused-ring (bicyclic) bond motifs is 1. The summed E-state index contributed by atoms with van der Waals surface area (Å²) >= 11 is 5.87. The highest BCUT2D eigenvalue weighted by atomic mass is 35.5. The molecule has 0 unspecified atom stereocenters. The zero-order chi connectivity index (χ0) is 16.2. The molecule has 0 fully saturated rings. The largest absolute Gasteiger partial charge is 0.350 e. The van der Waals surface area contributed by atoms with Crippen molar-refractivity contribution >= 4 is 17.5 Å². The summed E-state index contributed by atoms with van der Waals surface area (Å²) < 4.78 is 0. The maximum atomic E-state index is 12.2. The lowest BCUT2D eigenvalue weighted by molar-refractivity contribution is -0.121. The van der Waals surface area contributed by atoms with Crippen LogP contribution in [0.25, 0.3) is 0 Å². The number of rotatable bonds is 5. The molecule has 1 amide bonds. The zero-order valence-electron chi connectivity index (χ0n) is 13.4. The Morgan fingerprint density at radius 2 is 1.87 bits per heavy atom. The highest BCUT2D eigenvalue weighted by Crippen LogP contribution is 2.25. The first-order valence-corrected chi connectivity index (χ1v) is 8.65. The van der Waals surface area contributed by atoms with Crippen molar-refractivity contribution in [1.82, 2.24) is 5.32 Å². The summed E-state index contributed by atoms with van der Waals surface area (Å²) in [5, 5.41) is 3.83. The number of benzene rings is 2. The molecule has 23 heavy (non-hydrogen) atoms. The van der Waals surface area contributed by atoms with Crippen molar-refractivity contribution in [3.8, 4) is 0 Å². The van der Waals surface area contributed by atoms with Crippen LogP contribution in [0.1, 0.15) is 48.1 Å². The first-order valence-electron chi connectivity index (χ1n) is 8.27. The highest BCUT2D eigenvalue weighted by Gasteiger charge is 2.14. The van der Waals surface area contributed by atoms with Crippen molar-refractivity contribution < 1.29 is 4.79 Å². The smallest absolute Gasteiger partial charge is 0.220 e. The SMILES string of the molecule is C[C@@H](NC(=O)CCc1ccc(Cl)cc1)c1ccc2c(c1)CCC2. The molecule has 0 radical (unpaired) electrons. The number of carbonyl (C=O) groups is 1. The van der Waals surface area contributed by atoms with Crippen molar-refractivity contribution in [2.45, 2.75) is 45.1 Å². The Hall–Kier alpha value is -1.80. The molecule has 0 bridgehead atoms. The van der Waals surface area contributed by atoms with Crippen LogP contribution in [-0.2, 0) is 24.1 Å². The molecule has 0 saturated carbocycles. The summed E-state index contributed by atoms with van der Waals surface area (Å²) in [6, 6.07) is 14.3. The van der Waals surface area contributed by atoms with Crippen LogP contribution in [0.15, 0.2) is 42.5 Å². The lowest BCUT2D eigenvalue weighted by atomic mass is 10.0. The van der Waals surface area contributed by atoms with Crippen LogP contribution >= 0.6 is 11.6 Å². The maximum Gasteiger partial charge on any atom is 0.220 e. The Morgan fingerprint density at radius 3 is 2.65 bits per heavy atom. The Bertz CT molecular complexity index is 693. The van der Waals surface area contributed by atoms with Crippen molar-refractivity contribution in [1.29, 1.82) is 0 Å². The molecule has 0 heterocycles. The van der Waals surface area contributed by atoms with Gasteiger partial charge in [0.2, 0.25) is 5.91 Å². The number of amides is 1. The first-order chi connectivity index (χ1) is 11.1. The molecular formula is C20H22ClNO. The summed E-state index contributed by atoms with van der Waals surface area (Å²) in [4.78, 5) is 12.2. The van der Waals surface area contributed by atoms with Gasteiger partial charge in [0.05, 0.1) is 6.04 Å². The van der Waals surface area contributed by atoms with Crippen LogP contribution in [0.3, 0.4) is 0 Å². The predicted octanol–water partition coefficient (Wildman–Crippen LogP) is 4.64. The van der Waals surface area contributed by atoms with E-state index in [2.05, 4.69) is 30.4 Å². The van der Waals surface area contributed by atoms with Gasteiger partial charge in [0.1, 0.15) is 0 Å². The van der Waals surface area contributed by atoms with Crippen molar-refractivity contribution in [3.63, 3.8) is 0 Å². The van der Waals surface area contributed by atoms with Gasteiger partial charge in [-0.1, -0.05) is 41.9 Å². The predicted molar refractivity (Wildman–Crippen MR) is 94.8 cm³/mol. The van der Waals surface area contributed by atoms with Crippen LogP contribution in [0, 0.1) is 0 Å². The third-order valence-electron chi connectivity index (χ3n) is 4.55. The van der Waals surface area contributed by atoms with Crippen LogP contribution in [0.2, 0.25) is 5.02 Å². The van der Waals surface area contributed by atoms with Gasteiger partial charge in [0, 0.05) is 11.4 Å². The Labute approximate surface area is 142 Å². The fourth-order valence-electron chi connectivity index (χ4n) is 3.17. The molecule has 3 rings (SSSR count). The number of carbonyl (C=O) groups excluding carboxylic acids is 1. The van der Waals surface area contributed by atoms with Crippen LogP contribution in [0.4, 0.5) is 0 Å². The Balaban J connectivity index is 1.54. The minimum Gasteiger partial charge on any atom is -0.350 e. The van der Waals surface area contributed by atoms with Gasteiger partial charge in [-0.3, -0.25) is 4.79 Å². The second-order valence-electron chi connectivity index (χ2n) is 6.30. The lowest BCUT2D eigenvalue weighted by Gasteiger charge is -2.15.